The van der Waals surface area contributed by atoms with E-state index in [1.807, 2.05) is 18.2 Å². The Balaban J connectivity index is 2.14. The molecule has 2 unspecified atom stereocenters. The van der Waals surface area contributed by atoms with Crippen molar-refractivity contribution in [2.75, 3.05) is 14.2 Å². The minimum absolute atomic E-state index is 0.00288. The van der Waals surface area contributed by atoms with Gasteiger partial charge in [0.2, 0.25) is 5.90 Å². The molecular formula is C19H20N2O4. The Labute approximate surface area is 146 Å². The van der Waals surface area contributed by atoms with Crippen molar-refractivity contribution in [2.45, 2.75) is 31.8 Å². The second kappa shape index (κ2) is 7.08. The number of Topliss-reactive ketones (excluding diaryl/α,β-unsaturated/α-hetero) is 1. The Morgan fingerprint density at radius 2 is 2.16 bits per heavy atom. The predicted octanol–water partition coefficient (Wildman–Crippen LogP) is 3.08. The van der Waals surface area contributed by atoms with Crippen LogP contribution in [-0.4, -0.2) is 25.9 Å². The molecule has 0 radical (unpaired) electrons. The molecule has 2 atom stereocenters. The number of nitriles is 1. The number of carbonyl (C=O) groups excluding carboxylic acids is 1. The number of nitrogens with one attached hydrogen (secondary N) is 1. The second-order valence-electron chi connectivity index (χ2n) is 6.17. The first-order valence-electron chi connectivity index (χ1n) is 8.18. The van der Waals surface area contributed by atoms with Crippen molar-refractivity contribution < 1.29 is 19.0 Å². The third-order valence-electron chi connectivity index (χ3n) is 4.67. The van der Waals surface area contributed by atoms with Crippen molar-refractivity contribution in [3.8, 4) is 11.8 Å². The number of rotatable bonds is 4. The lowest BCUT2D eigenvalue weighted by Gasteiger charge is -2.34. The molecule has 1 heterocycles. The van der Waals surface area contributed by atoms with E-state index in [0.717, 1.165) is 11.1 Å². The molecule has 6 nitrogen and oxygen atoms in total. The van der Waals surface area contributed by atoms with E-state index in [2.05, 4.69) is 6.07 Å². The van der Waals surface area contributed by atoms with E-state index >= 15 is 0 Å². The standard InChI is InChI=1S/C19H20N2O4/c1-23-10-12-8-11(6-7-15(12)24-2)17-13(9-20)19(21)25-16-5-3-4-14(22)18(16)17/h6-8,13,17,21H,3-5,10H2,1-2H3. The molecule has 0 aromatic heterocycles. The molecule has 0 saturated carbocycles. The Hall–Kier alpha value is -2.65. The van der Waals surface area contributed by atoms with Crippen molar-refractivity contribution in [1.82, 2.24) is 0 Å². The molecule has 0 bridgehead atoms. The summed E-state index contributed by atoms with van der Waals surface area (Å²) in [4.78, 5) is 12.5. The maximum Gasteiger partial charge on any atom is 0.205 e. The van der Waals surface area contributed by atoms with Crippen molar-refractivity contribution in [3.05, 3.63) is 40.7 Å². The smallest absolute Gasteiger partial charge is 0.205 e. The minimum Gasteiger partial charge on any atom is -0.496 e. The summed E-state index contributed by atoms with van der Waals surface area (Å²) in [5, 5.41) is 17.7. The highest BCUT2D eigenvalue weighted by molar-refractivity contribution is 6.01. The van der Waals surface area contributed by atoms with Gasteiger partial charge < -0.3 is 14.2 Å². The van der Waals surface area contributed by atoms with Crippen LogP contribution in [0.15, 0.2) is 29.5 Å². The third-order valence-corrected chi connectivity index (χ3v) is 4.67. The SMILES string of the molecule is COCc1cc(C2C3=C(CCCC3=O)OC(=N)C2C#N)ccc1OC. The molecule has 3 rings (SSSR count). The number of nitrogens with zero attached hydrogens (tertiary/aromatic N) is 1. The van der Waals surface area contributed by atoms with Crippen LogP contribution in [0.1, 0.15) is 36.3 Å². The number of ketones is 1. The van der Waals surface area contributed by atoms with Crippen molar-refractivity contribution in [1.29, 1.82) is 10.7 Å². The van der Waals surface area contributed by atoms with Crippen LogP contribution < -0.4 is 4.74 Å². The molecule has 130 valence electrons. The summed E-state index contributed by atoms with van der Waals surface area (Å²) < 4.78 is 16.1. The first-order valence-corrected chi connectivity index (χ1v) is 8.18. The molecule has 6 heteroatoms. The van der Waals surface area contributed by atoms with Gasteiger partial charge in [0.25, 0.3) is 0 Å². The van der Waals surface area contributed by atoms with Gasteiger partial charge in [-0.1, -0.05) is 6.07 Å². The molecule has 1 aliphatic heterocycles. The van der Waals surface area contributed by atoms with Crippen LogP contribution in [0.2, 0.25) is 0 Å². The molecule has 1 N–H and O–H groups in total. The van der Waals surface area contributed by atoms with E-state index in [1.54, 1.807) is 14.2 Å². The van der Waals surface area contributed by atoms with Crippen molar-refractivity contribution >= 4 is 11.7 Å². The zero-order valence-electron chi connectivity index (χ0n) is 14.3. The molecule has 2 aliphatic rings. The van der Waals surface area contributed by atoms with Gasteiger partial charge in [-0.15, -0.1) is 0 Å². The Kier molecular flexibility index (Phi) is 4.86. The van der Waals surface area contributed by atoms with Gasteiger partial charge in [-0.2, -0.15) is 5.26 Å². The van der Waals surface area contributed by atoms with Gasteiger partial charge in [0.15, 0.2) is 5.78 Å². The van der Waals surface area contributed by atoms with E-state index in [0.29, 0.717) is 43.0 Å². The lowest BCUT2D eigenvalue weighted by molar-refractivity contribution is -0.116. The average Bonchev–Trinajstić information content (AvgIpc) is 2.61. The summed E-state index contributed by atoms with van der Waals surface area (Å²) >= 11 is 0. The van der Waals surface area contributed by atoms with Crippen LogP contribution in [0.4, 0.5) is 0 Å². The van der Waals surface area contributed by atoms with Gasteiger partial charge in [-0.05, 0) is 24.1 Å². The van der Waals surface area contributed by atoms with Crippen molar-refractivity contribution in [3.63, 3.8) is 0 Å². The molecule has 0 saturated heterocycles. The summed E-state index contributed by atoms with van der Waals surface area (Å²) in [7, 11) is 3.18. The largest absolute Gasteiger partial charge is 0.496 e. The maximum absolute atomic E-state index is 12.5. The molecule has 1 aromatic carbocycles. The number of hydrogen-bond donors (Lipinski definition) is 1. The van der Waals surface area contributed by atoms with Gasteiger partial charge in [0.1, 0.15) is 17.4 Å². The Bertz CT molecular complexity index is 791. The Morgan fingerprint density at radius 3 is 2.84 bits per heavy atom. The summed E-state index contributed by atoms with van der Waals surface area (Å²) in [5.74, 6) is -0.166. The number of carbonyl (C=O) groups is 1. The fourth-order valence-corrected chi connectivity index (χ4v) is 3.55. The third kappa shape index (κ3) is 3.03. The van der Waals surface area contributed by atoms with Crippen molar-refractivity contribution in [2.24, 2.45) is 5.92 Å². The highest BCUT2D eigenvalue weighted by atomic mass is 16.5. The molecule has 25 heavy (non-hydrogen) atoms. The van der Waals surface area contributed by atoms with Crippen LogP contribution in [0, 0.1) is 22.7 Å². The highest BCUT2D eigenvalue weighted by Crippen LogP contribution is 2.44. The number of benzene rings is 1. The van der Waals surface area contributed by atoms with Crippen LogP contribution in [0.3, 0.4) is 0 Å². The van der Waals surface area contributed by atoms with Gasteiger partial charge in [-0.25, -0.2) is 0 Å². The average molecular weight is 340 g/mol. The number of allylic oxidation sites excluding steroid dienone is 2. The van der Waals surface area contributed by atoms with Crippen LogP contribution in [0.5, 0.6) is 5.75 Å². The van der Waals surface area contributed by atoms with Gasteiger partial charge >= 0.3 is 0 Å². The van der Waals surface area contributed by atoms with Crippen LogP contribution in [-0.2, 0) is 20.9 Å². The molecular weight excluding hydrogens is 320 g/mol. The molecule has 0 amide bonds. The van der Waals surface area contributed by atoms with Crippen LogP contribution >= 0.6 is 0 Å². The minimum atomic E-state index is -0.815. The van der Waals surface area contributed by atoms with Gasteiger partial charge in [-0.3, -0.25) is 10.2 Å². The van der Waals surface area contributed by atoms with E-state index in [-0.39, 0.29) is 11.7 Å². The zero-order valence-corrected chi connectivity index (χ0v) is 14.3. The normalized spacial score (nSPS) is 22.9. The second-order valence-corrected chi connectivity index (χ2v) is 6.17. The first kappa shape index (κ1) is 17.2. The molecule has 0 fully saturated rings. The lowest BCUT2D eigenvalue weighted by atomic mass is 9.74. The maximum atomic E-state index is 12.5. The van der Waals surface area contributed by atoms with E-state index in [1.165, 1.54) is 0 Å². The fraction of sp³-hybridized carbons (Fsp3) is 0.421. The summed E-state index contributed by atoms with van der Waals surface area (Å²) in [6, 6.07) is 7.68. The summed E-state index contributed by atoms with van der Waals surface area (Å²) in [5.41, 5.74) is 2.18. The number of ether oxygens (including phenoxy) is 3. The lowest BCUT2D eigenvalue weighted by Crippen LogP contribution is -2.34. The molecule has 1 aliphatic carbocycles. The monoisotopic (exact) mass is 340 g/mol. The first-order chi connectivity index (χ1) is 12.1. The van der Waals surface area contributed by atoms with Gasteiger partial charge in [0, 0.05) is 37.0 Å². The molecule has 1 aromatic rings. The number of methoxy groups -OCH3 is 2. The van der Waals surface area contributed by atoms with Crippen LogP contribution in [0.25, 0.3) is 0 Å². The summed E-state index contributed by atoms with van der Waals surface area (Å²) in [6.45, 7) is 0.356. The quantitative estimate of drug-likeness (QED) is 0.909. The molecule has 0 spiro atoms. The predicted molar refractivity (Wildman–Crippen MR) is 90.2 cm³/mol. The highest BCUT2D eigenvalue weighted by Gasteiger charge is 2.42. The Morgan fingerprint density at radius 1 is 1.36 bits per heavy atom. The van der Waals surface area contributed by atoms with E-state index in [4.69, 9.17) is 19.6 Å². The zero-order chi connectivity index (χ0) is 18.0. The topological polar surface area (TPSA) is 92.4 Å². The van der Waals surface area contributed by atoms with E-state index in [9.17, 15) is 10.1 Å². The number of hydrogen-bond acceptors (Lipinski definition) is 6. The van der Waals surface area contributed by atoms with E-state index < -0.39 is 11.8 Å². The fourth-order valence-electron chi connectivity index (χ4n) is 3.55. The summed E-state index contributed by atoms with van der Waals surface area (Å²) in [6.07, 6.45) is 1.79. The van der Waals surface area contributed by atoms with Gasteiger partial charge in [0.05, 0.1) is 19.8 Å².